The molecule has 42 heavy (non-hydrogen) atoms. The topological polar surface area (TPSA) is 78.9 Å². The Morgan fingerprint density at radius 1 is 0.976 bits per heavy atom. The highest BCUT2D eigenvalue weighted by Gasteiger charge is 2.30. The van der Waals surface area contributed by atoms with Gasteiger partial charge in [0.25, 0.3) is 5.91 Å². The molecule has 2 aromatic carbocycles. The van der Waals surface area contributed by atoms with Crippen molar-refractivity contribution in [3.8, 4) is 0 Å². The number of nitrogens with zero attached hydrogens (tertiary/aromatic N) is 5. The van der Waals surface area contributed by atoms with E-state index in [1.165, 1.54) is 6.07 Å². The largest absolute Gasteiger partial charge is 0.466 e. The van der Waals surface area contributed by atoms with E-state index in [4.69, 9.17) is 14.7 Å². The van der Waals surface area contributed by atoms with Crippen LogP contribution in [0.25, 0.3) is 0 Å². The summed E-state index contributed by atoms with van der Waals surface area (Å²) in [5.41, 5.74) is 3.25. The van der Waals surface area contributed by atoms with Crippen LogP contribution in [0.5, 0.6) is 0 Å². The maximum atomic E-state index is 14.3. The van der Waals surface area contributed by atoms with Crippen molar-refractivity contribution in [2.75, 3.05) is 55.7 Å². The smallest absolute Gasteiger partial charge is 0.310 e. The summed E-state index contributed by atoms with van der Waals surface area (Å²) < 4.78 is 19.5. The minimum absolute atomic E-state index is 0.0584. The Labute approximate surface area is 251 Å². The number of aryl methyl sites for hydroxylation is 1. The fourth-order valence-electron chi connectivity index (χ4n) is 5.49. The molecular weight excluding hydrogens is 553 g/mol. The van der Waals surface area contributed by atoms with Crippen molar-refractivity contribution in [2.45, 2.75) is 44.0 Å². The van der Waals surface area contributed by atoms with Crippen molar-refractivity contribution < 1.29 is 18.7 Å². The summed E-state index contributed by atoms with van der Waals surface area (Å²) in [6, 6.07) is 16.6. The Bertz CT molecular complexity index is 1400. The zero-order chi connectivity index (χ0) is 29.5. The number of hydrogen-bond donors (Lipinski definition) is 0. The number of rotatable bonds is 9. The van der Waals surface area contributed by atoms with Gasteiger partial charge in [0.15, 0.2) is 5.16 Å². The van der Waals surface area contributed by atoms with Crippen LogP contribution in [0.15, 0.2) is 59.8 Å². The first-order valence-corrected chi connectivity index (χ1v) is 15.7. The van der Waals surface area contributed by atoms with E-state index >= 15 is 0 Å². The van der Waals surface area contributed by atoms with E-state index in [0.717, 1.165) is 49.4 Å². The van der Waals surface area contributed by atoms with E-state index in [2.05, 4.69) is 16.7 Å². The predicted octanol–water partition coefficient (Wildman–Crippen LogP) is 5.21. The molecule has 0 spiro atoms. The van der Waals surface area contributed by atoms with Crippen LogP contribution in [0.2, 0.25) is 0 Å². The number of amides is 1. The molecule has 0 bridgehead atoms. The van der Waals surface area contributed by atoms with Gasteiger partial charge >= 0.3 is 5.97 Å². The fraction of sp³-hybridized carbons (Fsp3) is 0.438. The highest BCUT2D eigenvalue weighted by atomic mass is 32.2. The van der Waals surface area contributed by atoms with Crippen LogP contribution in [-0.4, -0.2) is 72.6 Å². The Balaban J connectivity index is 1.22. The van der Waals surface area contributed by atoms with Gasteiger partial charge in [-0.15, -0.1) is 0 Å². The average Bonchev–Trinajstić information content (AvgIpc) is 3.04. The molecule has 10 heteroatoms. The predicted molar refractivity (Wildman–Crippen MR) is 163 cm³/mol. The van der Waals surface area contributed by atoms with Crippen molar-refractivity contribution in [2.24, 2.45) is 5.92 Å². The number of piperazine rings is 1. The number of para-hydroxylation sites is 1. The molecule has 222 valence electrons. The number of thioether (sulfide) groups is 1. The molecule has 2 aliphatic heterocycles. The second-order valence-corrected chi connectivity index (χ2v) is 11.6. The molecule has 1 aromatic heterocycles. The maximum Gasteiger partial charge on any atom is 0.310 e. The van der Waals surface area contributed by atoms with E-state index in [1.54, 1.807) is 29.7 Å². The van der Waals surface area contributed by atoms with E-state index in [1.807, 2.05) is 42.5 Å². The standard InChI is InChI=1S/C32H38FN5O3S/c1-3-26-20-29(37-17-15-36(16-18-37)28-13-6-5-12-27(28)33)35-32(34-26)42-22-23-9-7-10-24(19-23)30(39)38-14-8-11-25(21-38)31(40)41-4-2/h5-7,9-10,12-13,19-20,25H,3-4,8,11,14-18,21-22H2,1-2H3. The summed E-state index contributed by atoms with van der Waals surface area (Å²) in [4.78, 5) is 41.3. The molecule has 3 aromatic rings. The van der Waals surface area contributed by atoms with Crippen LogP contribution in [-0.2, 0) is 21.7 Å². The number of hydrogen-bond acceptors (Lipinski definition) is 8. The quantitative estimate of drug-likeness (QED) is 0.191. The fourth-order valence-corrected chi connectivity index (χ4v) is 6.31. The summed E-state index contributed by atoms with van der Waals surface area (Å²) in [6.07, 6.45) is 2.33. The number of aromatic nitrogens is 2. The lowest BCUT2D eigenvalue weighted by Crippen LogP contribution is -2.47. The van der Waals surface area contributed by atoms with Gasteiger partial charge in [-0.2, -0.15) is 0 Å². The number of benzene rings is 2. The Kier molecular flexibility index (Phi) is 9.94. The van der Waals surface area contributed by atoms with E-state index in [-0.39, 0.29) is 23.6 Å². The molecular formula is C32H38FN5O3S. The number of anilines is 2. The Morgan fingerprint density at radius 3 is 2.52 bits per heavy atom. The second kappa shape index (κ2) is 14.0. The monoisotopic (exact) mass is 591 g/mol. The lowest BCUT2D eigenvalue weighted by molar-refractivity contribution is -0.149. The molecule has 0 N–H and O–H groups in total. The number of carbonyl (C=O) groups excluding carboxylic acids is 2. The first-order valence-electron chi connectivity index (χ1n) is 14.7. The van der Waals surface area contributed by atoms with Gasteiger partial charge in [-0.05, 0) is 56.0 Å². The van der Waals surface area contributed by atoms with Crippen LogP contribution in [0, 0.1) is 11.7 Å². The molecule has 0 saturated carbocycles. The first kappa shape index (κ1) is 29.8. The van der Waals surface area contributed by atoms with Gasteiger partial charge in [0.2, 0.25) is 0 Å². The lowest BCUT2D eigenvalue weighted by Gasteiger charge is -2.37. The summed E-state index contributed by atoms with van der Waals surface area (Å²) >= 11 is 1.55. The third kappa shape index (κ3) is 7.21. The second-order valence-electron chi connectivity index (χ2n) is 10.6. The number of carbonyl (C=O) groups is 2. The minimum Gasteiger partial charge on any atom is -0.466 e. The normalized spacial score (nSPS) is 17.3. The summed E-state index contributed by atoms with van der Waals surface area (Å²) in [5.74, 6) is 0.782. The highest BCUT2D eigenvalue weighted by Crippen LogP contribution is 2.27. The van der Waals surface area contributed by atoms with Gasteiger partial charge in [0, 0.05) is 62.3 Å². The molecule has 0 radical (unpaired) electrons. The average molecular weight is 592 g/mol. The van der Waals surface area contributed by atoms with E-state index < -0.39 is 0 Å². The molecule has 8 nitrogen and oxygen atoms in total. The summed E-state index contributed by atoms with van der Waals surface area (Å²) in [6.45, 7) is 8.19. The third-order valence-electron chi connectivity index (χ3n) is 7.77. The van der Waals surface area contributed by atoms with Gasteiger partial charge < -0.3 is 19.4 Å². The van der Waals surface area contributed by atoms with Gasteiger partial charge in [-0.25, -0.2) is 14.4 Å². The molecule has 2 aliphatic rings. The van der Waals surface area contributed by atoms with Gasteiger partial charge in [0.05, 0.1) is 18.2 Å². The molecule has 1 amide bonds. The Morgan fingerprint density at radius 2 is 1.76 bits per heavy atom. The van der Waals surface area contributed by atoms with Crippen LogP contribution in [0.1, 0.15) is 48.3 Å². The number of esters is 1. The molecule has 2 saturated heterocycles. The van der Waals surface area contributed by atoms with Crippen molar-refractivity contribution in [1.29, 1.82) is 0 Å². The zero-order valence-electron chi connectivity index (χ0n) is 24.3. The minimum atomic E-state index is -0.263. The number of ether oxygens (including phenoxy) is 1. The van der Waals surface area contributed by atoms with E-state index in [9.17, 15) is 14.0 Å². The maximum absolute atomic E-state index is 14.3. The molecule has 1 atom stereocenters. The van der Waals surface area contributed by atoms with Crippen molar-refractivity contribution >= 4 is 35.1 Å². The van der Waals surface area contributed by atoms with Crippen molar-refractivity contribution in [3.63, 3.8) is 0 Å². The van der Waals surface area contributed by atoms with Crippen LogP contribution in [0.3, 0.4) is 0 Å². The summed E-state index contributed by atoms with van der Waals surface area (Å²) in [5, 5.41) is 0.700. The molecule has 2 fully saturated rings. The SMILES string of the molecule is CCOC(=O)C1CCCN(C(=O)c2cccc(CSc3nc(CC)cc(N4CCN(c5ccccc5F)CC4)n3)c2)C1. The summed E-state index contributed by atoms with van der Waals surface area (Å²) in [7, 11) is 0. The van der Waals surface area contributed by atoms with Gasteiger partial charge in [-0.3, -0.25) is 9.59 Å². The van der Waals surface area contributed by atoms with Crippen LogP contribution >= 0.6 is 11.8 Å². The zero-order valence-corrected chi connectivity index (χ0v) is 25.1. The molecule has 0 aliphatic carbocycles. The molecule has 3 heterocycles. The number of likely N-dealkylation sites (tertiary alicyclic amines) is 1. The van der Waals surface area contributed by atoms with Gasteiger partial charge in [-0.1, -0.05) is 43.0 Å². The van der Waals surface area contributed by atoms with Crippen molar-refractivity contribution in [3.05, 3.63) is 77.2 Å². The number of halogens is 1. The van der Waals surface area contributed by atoms with Crippen molar-refractivity contribution in [1.82, 2.24) is 14.9 Å². The van der Waals surface area contributed by atoms with Crippen LogP contribution < -0.4 is 9.80 Å². The highest BCUT2D eigenvalue weighted by molar-refractivity contribution is 7.98. The molecule has 1 unspecified atom stereocenters. The first-order chi connectivity index (χ1) is 20.4. The third-order valence-corrected chi connectivity index (χ3v) is 8.69. The van der Waals surface area contributed by atoms with E-state index in [0.29, 0.717) is 54.9 Å². The Hall–Kier alpha value is -3.66. The number of piperidine rings is 1. The van der Waals surface area contributed by atoms with Gasteiger partial charge in [0.1, 0.15) is 11.6 Å². The lowest BCUT2D eigenvalue weighted by atomic mass is 9.97. The molecule has 5 rings (SSSR count). The van der Waals surface area contributed by atoms with Crippen LogP contribution in [0.4, 0.5) is 15.9 Å².